The fraction of sp³-hybridized carbons (Fsp3) is 0.737. The fourth-order valence-electron chi connectivity index (χ4n) is 4.51. The van der Waals surface area contributed by atoms with Crippen LogP contribution in [0.3, 0.4) is 0 Å². The van der Waals surface area contributed by atoms with E-state index in [4.69, 9.17) is 9.15 Å². The van der Waals surface area contributed by atoms with Gasteiger partial charge in [0.15, 0.2) is 0 Å². The zero-order valence-electron chi connectivity index (χ0n) is 14.8. The lowest BCUT2D eigenvalue weighted by Gasteiger charge is -2.57. The first kappa shape index (κ1) is 16.6. The molecule has 0 amide bonds. The molecule has 128 valence electrons. The maximum absolute atomic E-state index is 12.3. The van der Waals surface area contributed by atoms with Crippen molar-refractivity contribution >= 4 is 5.97 Å². The largest absolute Gasteiger partial charge is 0.469 e. The van der Waals surface area contributed by atoms with Crippen LogP contribution in [0.5, 0.6) is 0 Å². The summed E-state index contributed by atoms with van der Waals surface area (Å²) in [4.78, 5) is 12.3. The number of hydrogen-bond donors (Lipinski definition) is 1. The highest BCUT2D eigenvalue weighted by Gasteiger charge is 2.62. The quantitative estimate of drug-likeness (QED) is 0.838. The SMILES string of the molecule is Cc1coc2c1[C@@H](OC(=O)C(C)C)[C@]1(C)[C@@H](C)CCC[C@]1(O)C2. The second-order valence-electron chi connectivity index (χ2n) is 8.01. The second kappa shape index (κ2) is 5.37. The standard InChI is InChI=1S/C19H28O4/c1-11(2)17(20)23-16-15-12(3)10-22-14(15)9-19(21)8-6-7-13(4)18(16,19)5/h10-11,13,16,21H,6-9H2,1-5H3/t13-,16+,18-,19-/m0/s1. The average Bonchev–Trinajstić information content (AvgIpc) is 2.82. The number of rotatable bonds is 2. The number of hydrogen-bond acceptors (Lipinski definition) is 4. The number of fused-ring (bicyclic) bond motifs is 2. The molecular formula is C19H28O4. The van der Waals surface area contributed by atoms with Crippen LogP contribution in [0.15, 0.2) is 10.7 Å². The number of esters is 1. The van der Waals surface area contributed by atoms with Crippen molar-refractivity contribution < 1.29 is 19.1 Å². The van der Waals surface area contributed by atoms with E-state index in [2.05, 4.69) is 13.8 Å². The Hall–Kier alpha value is -1.29. The Bertz CT molecular complexity index is 617. The van der Waals surface area contributed by atoms with E-state index >= 15 is 0 Å². The van der Waals surface area contributed by atoms with Crippen LogP contribution in [0.1, 0.15) is 69.9 Å². The van der Waals surface area contributed by atoms with Gasteiger partial charge < -0.3 is 14.3 Å². The number of ether oxygens (including phenoxy) is 1. The zero-order valence-corrected chi connectivity index (χ0v) is 14.8. The first-order valence-electron chi connectivity index (χ1n) is 8.70. The van der Waals surface area contributed by atoms with E-state index in [1.807, 2.05) is 20.8 Å². The summed E-state index contributed by atoms with van der Waals surface area (Å²) in [5.41, 5.74) is 0.601. The van der Waals surface area contributed by atoms with E-state index in [1.165, 1.54) is 0 Å². The predicted octanol–water partition coefficient (Wildman–Crippen LogP) is 3.94. The molecule has 1 N–H and O–H groups in total. The number of aliphatic hydroxyl groups is 1. The minimum Gasteiger partial charge on any atom is -0.469 e. The van der Waals surface area contributed by atoms with Gasteiger partial charge in [-0.2, -0.15) is 0 Å². The Morgan fingerprint density at radius 1 is 1.48 bits per heavy atom. The molecule has 1 aromatic heterocycles. The zero-order chi connectivity index (χ0) is 17.0. The van der Waals surface area contributed by atoms with Crippen LogP contribution in [0.2, 0.25) is 0 Å². The molecule has 2 aliphatic rings. The van der Waals surface area contributed by atoms with Crippen molar-refractivity contribution in [2.75, 3.05) is 0 Å². The van der Waals surface area contributed by atoms with Crippen molar-refractivity contribution in [1.29, 1.82) is 0 Å². The third-order valence-corrected chi connectivity index (χ3v) is 6.32. The molecule has 1 saturated carbocycles. The molecule has 0 spiro atoms. The van der Waals surface area contributed by atoms with Crippen LogP contribution in [-0.2, 0) is 16.0 Å². The monoisotopic (exact) mass is 320 g/mol. The molecule has 0 aromatic carbocycles. The molecule has 1 fully saturated rings. The van der Waals surface area contributed by atoms with Crippen LogP contribution in [-0.4, -0.2) is 16.7 Å². The smallest absolute Gasteiger partial charge is 0.309 e. The molecule has 4 nitrogen and oxygen atoms in total. The lowest BCUT2D eigenvalue weighted by atomic mass is 9.51. The predicted molar refractivity (Wildman–Crippen MR) is 86.9 cm³/mol. The summed E-state index contributed by atoms with van der Waals surface area (Å²) >= 11 is 0. The lowest BCUT2D eigenvalue weighted by molar-refractivity contribution is -0.214. The molecule has 0 aliphatic heterocycles. The molecule has 0 radical (unpaired) electrons. The molecule has 1 aromatic rings. The van der Waals surface area contributed by atoms with E-state index in [0.717, 1.165) is 36.1 Å². The van der Waals surface area contributed by atoms with E-state index in [-0.39, 0.29) is 17.8 Å². The normalized spacial score (nSPS) is 36.5. The van der Waals surface area contributed by atoms with Crippen molar-refractivity contribution in [3.05, 3.63) is 23.2 Å². The molecule has 0 saturated heterocycles. The number of aryl methyl sites for hydroxylation is 1. The van der Waals surface area contributed by atoms with Crippen molar-refractivity contribution in [3.8, 4) is 0 Å². The lowest BCUT2D eigenvalue weighted by Crippen LogP contribution is -2.60. The van der Waals surface area contributed by atoms with Gasteiger partial charge in [0.25, 0.3) is 0 Å². The highest BCUT2D eigenvalue weighted by atomic mass is 16.5. The third kappa shape index (κ3) is 2.25. The van der Waals surface area contributed by atoms with Gasteiger partial charge in [-0.1, -0.05) is 34.1 Å². The Balaban J connectivity index is 2.13. The van der Waals surface area contributed by atoms with Gasteiger partial charge in [-0.3, -0.25) is 4.79 Å². The van der Waals surface area contributed by atoms with Gasteiger partial charge in [0.2, 0.25) is 0 Å². The Morgan fingerprint density at radius 2 is 2.17 bits per heavy atom. The summed E-state index contributed by atoms with van der Waals surface area (Å²) in [6.45, 7) is 9.92. The Morgan fingerprint density at radius 3 is 2.83 bits per heavy atom. The number of carbonyl (C=O) groups is 1. The van der Waals surface area contributed by atoms with Gasteiger partial charge in [0.1, 0.15) is 11.9 Å². The van der Waals surface area contributed by atoms with Crippen LogP contribution in [0.4, 0.5) is 0 Å². The maximum Gasteiger partial charge on any atom is 0.309 e. The van der Waals surface area contributed by atoms with Gasteiger partial charge in [-0.05, 0) is 31.2 Å². The van der Waals surface area contributed by atoms with Crippen LogP contribution < -0.4 is 0 Å². The first-order valence-corrected chi connectivity index (χ1v) is 8.70. The molecule has 4 heteroatoms. The molecule has 0 bridgehead atoms. The Labute approximate surface area is 138 Å². The Kier molecular flexibility index (Phi) is 3.87. The van der Waals surface area contributed by atoms with Gasteiger partial charge >= 0.3 is 5.97 Å². The minimum atomic E-state index is -0.885. The van der Waals surface area contributed by atoms with Gasteiger partial charge in [0.05, 0.1) is 17.8 Å². The molecule has 0 unspecified atom stereocenters. The average molecular weight is 320 g/mol. The van der Waals surface area contributed by atoms with Crippen molar-refractivity contribution in [1.82, 2.24) is 0 Å². The summed E-state index contributed by atoms with van der Waals surface area (Å²) in [6, 6.07) is 0. The van der Waals surface area contributed by atoms with Crippen molar-refractivity contribution in [3.63, 3.8) is 0 Å². The van der Waals surface area contributed by atoms with Gasteiger partial charge in [-0.25, -0.2) is 0 Å². The third-order valence-electron chi connectivity index (χ3n) is 6.32. The minimum absolute atomic E-state index is 0.192. The second-order valence-corrected chi connectivity index (χ2v) is 8.01. The van der Waals surface area contributed by atoms with Crippen LogP contribution in [0.25, 0.3) is 0 Å². The molecule has 1 heterocycles. The van der Waals surface area contributed by atoms with E-state index in [1.54, 1.807) is 6.26 Å². The summed E-state index contributed by atoms with van der Waals surface area (Å²) in [5, 5.41) is 11.4. The van der Waals surface area contributed by atoms with E-state index in [9.17, 15) is 9.90 Å². The molecule has 23 heavy (non-hydrogen) atoms. The van der Waals surface area contributed by atoms with Gasteiger partial charge in [0, 0.05) is 17.4 Å². The van der Waals surface area contributed by atoms with Crippen LogP contribution in [0, 0.1) is 24.2 Å². The van der Waals surface area contributed by atoms with E-state index < -0.39 is 17.1 Å². The molecular weight excluding hydrogens is 292 g/mol. The highest BCUT2D eigenvalue weighted by Crippen LogP contribution is 2.61. The van der Waals surface area contributed by atoms with Gasteiger partial charge in [-0.15, -0.1) is 0 Å². The topological polar surface area (TPSA) is 59.7 Å². The number of furan rings is 1. The maximum atomic E-state index is 12.3. The highest BCUT2D eigenvalue weighted by molar-refractivity contribution is 5.72. The first-order chi connectivity index (χ1) is 10.7. The molecule has 2 aliphatic carbocycles. The summed E-state index contributed by atoms with van der Waals surface area (Å²) in [7, 11) is 0. The molecule has 3 rings (SSSR count). The fourth-order valence-corrected chi connectivity index (χ4v) is 4.51. The van der Waals surface area contributed by atoms with Crippen molar-refractivity contribution in [2.45, 2.75) is 72.0 Å². The van der Waals surface area contributed by atoms with Crippen LogP contribution >= 0.6 is 0 Å². The summed E-state index contributed by atoms with van der Waals surface area (Å²) in [5.74, 6) is 0.639. The summed E-state index contributed by atoms with van der Waals surface area (Å²) in [6.07, 6.45) is 4.54. The number of carbonyl (C=O) groups excluding carboxylic acids is 1. The van der Waals surface area contributed by atoms with Crippen molar-refractivity contribution in [2.24, 2.45) is 17.3 Å². The summed E-state index contributed by atoms with van der Waals surface area (Å²) < 4.78 is 11.7. The molecule has 4 atom stereocenters. The van der Waals surface area contributed by atoms with E-state index in [0.29, 0.717) is 6.42 Å².